The van der Waals surface area contributed by atoms with Crippen molar-refractivity contribution in [1.82, 2.24) is 5.32 Å². The number of imide groups is 1. The SMILES string of the molecule is CC1Cc2ccccc2N1C1CCC(=O)NC1=O. The molecule has 0 saturated carbocycles. The van der Waals surface area contributed by atoms with E-state index in [1.165, 1.54) is 5.56 Å². The van der Waals surface area contributed by atoms with Crippen molar-refractivity contribution in [3.8, 4) is 0 Å². The molecule has 1 saturated heterocycles. The quantitative estimate of drug-likeness (QED) is 0.756. The Morgan fingerprint density at radius 3 is 2.83 bits per heavy atom. The minimum absolute atomic E-state index is 0.156. The maximum absolute atomic E-state index is 12.0. The Kier molecular flexibility index (Phi) is 2.58. The second-order valence-electron chi connectivity index (χ2n) is 5.06. The van der Waals surface area contributed by atoms with Crippen LogP contribution in [0, 0.1) is 0 Å². The normalized spacial score (nSPS) is 27.1. The Balaban J connectivity index is 1.92. The number of hydrogen-bond acceptors (Lipinski definition) is 3. The molecule has 2 unspecified atom stereocenters. The largest absolute Gasteiger partial charge is 0.356 e. The highest BCUT2D eigenvalue weighted by molar-refractivity contribution is 6.02. The van der Waals surface area contributed by atoms with Crippen LogP contribution in [0.1, 0.15) is 25.3 Å². The van der Waals surface area contributed by atoms with Crippen molar-refractivity contribution >= 4 is 17.5 Å². The van der Waals surface area contributed by atoms with Crippen LogP contribution < -0.4 is 10.2 Å². The summed E-state index contributed by atoms with van der Waals surface area (Å²) in [5.74, 6) is -0.314. The molecule has 4 heteroatoms. The number of hydrogen-bond donors (Lipinski definition) is 1. The van der Waals surface area contributed by atoms with Crippen molar-refractivity contribution < 1.29 is 9.59 Å². The van der Waals surface area contributed by atoms with Crippen LogP contribution in [-0.2, 0) is 16.0 Å². The molecule has 1 N–H and O–H groups in total. The molecule has 0 bridgehead atoms. The minimum atomic E-state index is -0.207. The zero-order valence-electron chi connectivity index (χ0n) is 10.3. The highest BCUT2D eigenvalue weighted by Crippen LogP contribution is 2.35. The van der Waals surface area contributed by atoms with E-state index in [9.17, 15) is 9.59 Å². The Morgan fingerprint density at radius 2 is 2.06 bits per heavy atom. The average molecular weight is 244 g/mol. The fraction of sp³-hybridized carbons (Fsp3) is 0.429. The zero-order valence-corrected chi connectivity index (χ0v) is 10.3. The molecule has 18 heavy (non-hydrogen) atoms. The highest BCUT2D eigenvalue weighted by atomic mass is 16.2. The van der Waals surface area contributed by atoms with Gasteiger partial charge in [-0.15, -0.1) is 0 Å². The Morgan fingerprint density at radius 1 is 1.28 bits per heavy atom. The summed E-state index contributed by atoms with van der Waals surface area (Å²) in [6, 6.07) is 8.29. The minimum Gasteiger partial charge on any atom is -0.356 e. The van der Waals surface area contributed by atoms with Crippen molar-refractivity contribution in [3.05, 3.63) is 29.8 Å². The van der Waals surface area contributed by atoms with E-state index in [4.69, 9.17) is 0 Å². The van der Waals surface area contributed by atoms with Crippen LogP contribution in [0.2, 0.25) is 0 Å². The van der Waals surface area contributed by atoms with Crippen LogP contribution in [0.5, 0.6) is 0 Å². The topological polar surface area (TPSA) is 49.4 Å². The Hall–Kier alpha value is -1.84. The third-order valence-electron chi connectivity index (χ3n) is 3.81. The lowest BCUT2D eigenvalue weighted by molar-refractivity contribution is -0.134. The number of piperidine rings is 1. The van der Waals surface area contributed by atoms with Crippen molar-refractivity contribution in [2.75, 3.05) is 4.90 Å². The van der Waals surface area contributed by atoms with Gasteiger partial charge in [-0.3, -0.25) is 14.9 Å². The summed E-state index contributed by atoms with van der Waals surface area (Å²) in [4.78, 5) is 25.3. The first kappa shape index (κ1) is 11.3. The van der Waals surface area contributed by atoms with Gasteiger partial charge in [-0.05, 0) is 31.4 Å². The van der Waals surface area contributed by atoms with Gasteiger partial charge in [0.05, 0.1) is 0 Å². The molecule has 0 radical (unpaired) electrons. The lowest BCUT2D eigenvalue weighted by Gasteiger charge is -2.35. The van der Waals surface area contributed by atoms with Gasteiger partial charge in [0, 0.05) is 18.2 Å². The van der Waals surface area contributed by atoms with E-state index >= 15 is 0 Å². The third-order valence-corrected chi connectivity index (χ3v) is 3.81. The number of benzene rings is 1. The summed E-state index contributed by atoms with van der Waals surface area (Å²) >= 11 is 0. The highest BCUT2D eigenvalue weighted by Gasteiger charge is 2.37. The number of fused-ring (bicyclic) bond motifs is 1. The first-order valence-electron chi connectivity index (χ1n) is 6.37. The molecule has 2 atom stereocenters. The zero-order chi connectivity index (χ0) is 12.7. The molecular weight excluding hydrogens is 228 g/mol. The van der Waals surface area contributed by atoms with Crippen LogP contribution in [-0.4, -0.2) is 23.9 Å². The first-order valence-corrected chi connectivity index (χ1v) is 6.37. The van der Waals surface area contributed by atoms with Crippen LogP contribution >= 0.6 is 0 Å². The predicted molar refractivity (Wildman–Crippen MR) is 68.3 cm³/mol. The number of amides is 2. The molecule has 3 rings (SSSR count). The maximum Gasteiger partial charge on any atom is 0.249 e. The van der Waals surface area contributed by atoms with Gasteiger partial charge in [0.15, 0.2) is 0 Å². The van der Waals surface area contributed by atoms with E-state index < -0.39 is 0 Å². The van der Waals surface area contributed by atoms with Crippen molar-refractivity contribution in [1.29, 1.82) is 0 Å². The number of anilines is 1. The standard InChI is InChI=1S/C14H16N2O2/c1-9-8-10-4-2-3-5-11(10)16(9)12-6-7-13(17)15-14(12)18/h2-5,9,12H,6-8H2,1H3,(H,15,17,18). The molecule has 0 aliphatic carbocycles. The Labute approximate surface area is 106 Å². The molecule has 0 spiro atoms. The van der Waals surface area contributed by atoms with Gasteiger partial charge in [-0.2, -0.15) is 0 Å². The third kappa shape index (κ3) is 1.68. The molecule has 2 aliphatic heterocycles. The molecule has 1 aromatic rings. The molecule has 94 valence electrons. The lowest BCUT2D eigenvalue weighted by Crippen LogP contribution is -2.54. The fourth-order valence-corrected chi connectivity index (χ4v) is 3.01. The predicted octanol–water partition coefficient (Wildman–Crippen LogP) is 1.24. The van der Waals surface area contributed by atoms with E-state index in [2.05, 4.69) is 29.3 Å². The molecule has 2 heterocycles. The van der Waals surface area contributed by atoms with Crippen LogP contribution in [0.25, 0.3) is 0 Å². The summed E-state index contributed by atoms with van der Waals surface area (Å²) in [5.41, 5.74) is 2.43. The fourth-order valence-electron chi connectivity index (χ4n) is 3.01. The van der Waals surface area contributed by atoms with E-state index in [0.717, 1.165) is 12.1 Å². The molecule has 2 amide bonds. The second kappa shape index (κ2) is 4.12. The van der Waals surface area contributed by atoms with E-state index in [-0.39, 0.29) is 17.9 Å². The Bertz CT molecular complexity index is 512. The number of carbonyl (C=O) groups excluding carboxylic acids is 2. The summed E-state index contributed by atoms with van der Waals surface area (Å²) in [6.07, 6.45) is 2.01. The number of nitrogens with zero attached hydrogens (tertiary/aromatic N) is 1. The van der Waals surface area contributed by atoms with Crippen LogP contribution in [0.3, 0.4) is 0 Å². The summed E-state index contributed by atoms with van der Waals surface area (Å²) in [7, 11) is 0. The van der Waals surface area contributed by atoms with Gasteiger partial charge >= 0.3 is 0 Å². The molecule has 4 nitrogen and oxygen atoms in total. The number of rotatable bonds is 1. The number of nitrogens with one attached hydrogen (secondary N) is 1. The van der Waals surface area contributed by atoms with Crippen molar-refractivity contribution in [3.63, 3.8) is 0 Å². The summed E-state index contributed by atoms with van der Waals surface area (Å²) in [5, 5.41) is 2.44. The van der Waals surface area contributed by atoms with E-state index in [1.54, 1.807) is 0 Å². The summed E-state index contributed by atoms with van der Waals surface area (Å²) in [6.45, 7) is 2.13. The monoisotopic (exact) mass is 244 g/mol. The lowest BCUT2D eigenvalue weighted by atomic mass is 10.0. The van der Waals surface area contributed by atoms with Crippen molar-refractivity contribution in [2.45, 2.75) is 38.3 Å². The van der Waals surface area contributed by atoms with Gasteiger partial charge < -0.3 is 4.90 Å². The van der Waals surface area contributed by atoms with Crippen LogP contribution in [0.15, 0.2) is 24.3 Å². The smallest absolute Gasteiger partial charge is 0.249 e. The molecule has 0 aromatic heterocycles. The van der Waals surface area contributed by atoms with Gasteiger partial charge in [0.1, 0.15) is 6.04 Å². The molecule has 1 fully saturated rings. The first-order chi connectivity index (χ1) is 8.66. The van der Waals surface area contributed by atoms with Crippen molar-refractivity contribution in [2.24, 2.45) is 0 Å². The molecule has 2 aliphatic rings. The van der Waals surface area contributed by atoms with Gasteiger partial charge in [0.25, 0.3) is 0 Å². The maximum atomic E-state index is 12.0. The van der Waals surface area contributed by atoms with Crippen LogP contribution in [0.4, 0.5) is 5.69 Å². The van der Waals surface area contributed by atoms with Gasteiger partial charge in [-0.1, -0.05) is 18.2 Å². The molecular formula is C14H16N2O2. The van der Waals surface area contributed by atoms with E-state index in [1.807, 2.05) is 12.1 Å². The van der Waals surface area contributed by atoms with Gasteiger partial charge in [0.2, 0.25) is 11.8 Å². The summed E-state index contributed by atoms with van der Waals surface area (Å²) < 4.78 is 0. The number of carbonyl (C=O) groups is 2. The van der Waals surface area contributed by atoms with Gasteiger partial charge in [-0.25, -0.2) is 0 Å². The van der Waals surface area contributed by atoms with E-state index in [0.29, 0.717) is 18.9 Å². The second-order valence-corrected chi connectivity index (χ2v) is 5.06. The number of para-hydroxylation sites is 1. The average Bonchev–Trinajstić information content (AvgIpc) is 2.66. The molecule has 1 aromatic carbocycles.